The zero-order chi connectivity index (χ0) is 13.1. The fourth-order valence-electron chi connectivity index (χ4n) is 2.12. The van der Waals surface area contributed by atoms with Gasteiger partial charge in [-0.1, -0.05) is 22.9 Å². The lowest BCUT2D eigenvalue weighted by atomic mass is 10.1. The molecule has 0 radical (unpaired) electrons. The van der Waals surface area contributed by atoms with Gasteiger partial charge in [-0.05, 0) is 43.4 Å². The van der Waals surface area contributed by atoms with E-state index in [1.54, 1.807) is 12.1 Å². The topological polar surface area (TPSA) is 55.2 Å². The Balaban J connectivity index is 1.93. The molecule has 5 heteroatoms. The molecule has 1 aliphatic carbocycles. The number of hydrogen-bond donors (Lipinski definition) is 1. The molecule has 98 valence electrons. The van der Waals surface area contributed by atoms with E-state index in [2.05, 4.69) is 28.2 Å². The van der Waals surface area contributed by atoms with E-state index in [0.29, 0.717) is 12.5 Å². The molecule has 1 aromatic rings. The SMILES string of the molecule is CC(CNCc1ccc(Br)cc1[N+](=O)[O-])C1CC1. The van der Waals surface area contributed by atoms with Crippen molar-refractivity contribution in [1.82, 2.24) is 5.32 Å². The molecule has 0 aliphatic heterocycles. The van der Waals surface area contributed by atoms with Gasteiger partial charge in [0.1, 0.15) is 0 Å². The third-order valence-corrected chi connectivity index (χ3v) is 3.95. The Hall–Kier alpha value is -0.940. The van der Waals surface area contributed by atoms with Crippen LogP contribution in [0.2, 0.25) is 0 Å². The second kappa shape index (κ2) is 5.80. The van der Waals surface area contributed by atoms with Crippen LogP contribution in [-0.4, -0.2) is 11.5 Å². The average molecular weight is 313 g/mol. The average Bonchev–Trinajstić information content (AvgIpc) is 3.14. The minimum Gasteiger partial charge on any atom is -0.312 e. The summed E-state index contributed by atoms with van der Waals surface area (Å²) in [7, 11) is 0. The van der Waals surface area contributed by atoms with Crippen molar-refractivity contribution in [2.24, 2.45) is 11.8 Å². The van der Waals surface area contributed by atoms with Gasteiger partial charge in [-0.15, -0.1) is 0 Å². The molecule has 0 amide bonds. The molecular formula is C13H17BrN2O2. The summed E-state index contributed by atoms with van der Waals surface area (Å²) in [4.78, 5) is 10.6. The Bertz CT molecular complexity index is 447. The standard InChI is InChI=1S/C13H17BrN2O2/c1-9(10-2-3-10)7-15-8-11-4-5-12(14)6-13(11)16(17)18/h4-6,9-10,15H,2-3,7-8H2,1H3. The van der Waals surface area contributed by atoms with Crippen LogP contribution in [-0.2, 0) is 6.54 Å². The number of nitrogens with one attached hydrogen (secondary N) is 1. The maximum absolute atomic E-state index is 10.9. The molecule has 1 fully saturated rings. The van der Waals surface area contributed by atoms with Crippen LogP contribution in [0.3, 0.4) is 0 Å². The van der Waals surface area contributed by atoms with E-state index in [1.165, 1.54) is 12.8 Å². The summed E-state index contributed by atoms with van der Waals surface area (Å²) in [5, 5.41) is 14.3. The van der Waals surface area contributed by atoms with Gasteiger partial charge in [-0.3, -0.25) is 10.1 Å². The Labute approximate surface area is 115 Å². The number of rotatable bonds is 6. The van der Waals surface area contributed by atoms with Crippen molar-refractivity contribution in [1.29, 1.82) is 0 Å². The molecule has 1 atom stereocenters. The second-order valence-electron chi connectivity index (χ2n) is 4.98. The molecular weight excluding hydrogens is 296 g/mol. The molecule has 0 heterocycles. The number of benzene rings is 1. The maximum atomic E-state index is 10.9. The quantitative estimate of drug-likeness (QED) is 0.646. The Morgan fingerprint density at radius 3 is 2.89 bits per heavy atom. The molecule has 0 aromatic heterocycles. The van der Waals surface area contributed by atoms with Crippen LogP contribution in [0.5, 0.6) is 0 Å². The fourth-order valence-corrected chi connectivity index (χ4v) is 2.47. The molecule has 1 aliphatic rings. The molecule has 1 unspecified atom stereocenters. The van der Waals surface area contributed by atoms with Crippen molar-refractivity contribution in [3.8, 4) is 0 Å². The van der Waals surface area contributed by atoms with Gasteiger partial charge < -0.3 is 5.32 Å². The van der Waals surface area contributed by atoms with Crippen molar-refractivity contribution < 1.29 is 4.92 Å². The van der Waals surface area contributed by atoms with Crippen LogP contribution >= 0.6 is 15.9 Å². The minimum atomic E-state index is -0.327. The van der Waals surface area contributed by atoms with Crippen LogP contribution < -0.4 is 5.32 Å². The van der Waals surface area contributed by atoms with Crippen molar-refractivity contribution in [3.63, 3.8) is 0 Å². The summed E-state index contributed by atoms with van der Waals surface area (Å²) in [5.41, 5.74) is 0.919. The second-order valence-corrected chi connectivity index (χ2v) is 5.89. The maximum Gasteiger partial charge on any atom is 0.275 e. The van der Waals surface area contributed by atoms with Crippen molar-refractivity contribution >= 4 is 21.6 Å². The molecule has 0 spiro atoms. The van der Waals surface area contributed by atoms with E-state index >= 15 is 0 Å². The summed E-state index contributed by atoms with van der Waals surface area (Å²) >= 11 is 3.26. The summed E-state index contributed by atoms with van der Waals surface area (Å²) in [5.74, 6) is 1.52. The molecule has 0 saturated heterocycles. The van der Waals surface area contributed by atoms with Gasteiger partial charge in [0.05, 0.1) is 4.92 Å². The smallest absolute Gasteiger partial charge is 0.275 e. The number of nitro groups is 1. The highest BCUT2D eigenvalue weighted by atomic mass is 79.9. The monoisotopic (exact) mass is 312 g/mol. The largest absolute Gasteiger partial charge is 0.312 e. The predicted octanol–water partition coefficient (Wildman–Crippen LogP) is 3.49. The first-order valence-electron chi connectivity index (χ1n) is 6.21. The van der Waals surface area contributed by atoms with Crippen LogP contribution in [0, 0.1) is 22.0 Å². The lowest BCUT2D eigenvalue weighted by Gasteiger charge is -2.11. The third kappa shape index (κ3) is 3.53. The number of nitrogens with zero attached hydrogens (tertiary/aromatic N) is 1. The van der Waals surface area contributed by atoms with Crippen LogP contribution in [0.15, 0.2) is 22.7 Å². The van der Waals surface area contributed by atoms with E-state index in [9.17, 15) is 10.1 Å². The summed E-state index contributed by atoms with van der Waals surface area (Å²) < 4.78 is 0.740. The Kier molecular flexibility index (Phi) is 4.35. The zero-order valence-corrected chi connectivity index (χ0v) is 11.9. The molecule has 2 rings (SSSR count). The van der Waals surface area contributed by atoms with Gasteiger partial charge in [0.2, 0.25) is 0 Å². The highest BCUT2D eigenvalue weighted by Gasteiger charge is 2.27. The van der Waals surface area contributed by atoms with Gasteiger partial charge >= 0.3 is 0 Å². The molecule has 18 heavy (non-hydrogen) atoms. The van der Waals surface area contributed by atoms with Gasteiger partial charge in [-0.2, -0.15) is 0 Å². The van der Waals surface area contributed by atoms with Gasteiger partial charge in [-0.25, -0.2) is 0 Å². The van der Waals surface area contributed by atoms with Crippen molar-refractivity contribution in [2.75, 3.05) is 6.54 Å². The first-order chi connectivity index (χ1) is 8.58. The predicted molar refractivity (Wildman–Crippen MR) is 74.4 cm³/mol. The van der Waals surface area contributed by atoms with Crippen LogP contribution in [0.1, 0.15) is 25.3 Å². The highest BCUT2D eigenvalue weighted by molar-refractivity contribution is 9.10. The highest BCUT2D eigenvalue weighted by Crippen LogP contribution is 2.36. The summed E-state index contributed by atoms with van der Waals surface area (Å²) in [6, 6.07) is 5.20. The van der Waals surface area contributed by atoms with E-state index < -0.39 is 0 Å². The lowest BCUT2D eigenvalue weighted by Crippen LogP contribution is -2.22. The van der Waals surface area contributed by atoms with Crippen LogP contribution in [0.25, 0.3) is 0 Å². The van der Waals surface area contributed by atoms with Crippen molar-refractivity contribution in [3.05, 3.63) is 38.3 Å². The first-order valence-corrected chi connectivity index (χ1v) is 7.00. The third-order valence-electron chi connectivity index (χ3n) is 3.45. The normalized spacial score (nSPS) is 16.6. The summed E-state index contributed by atoms with van der Waals surface area (Å²) in [6.45, 7) is 3.72. The van der Waals surface area contributed by atoms with Gasteiger partial charge in [0.25, 0.3) is 5.69 Å². The van der Waals surface area contributed by atoms with E-state index in [4.69, 9.17) is 0 Å². The van der Waals surface area contributed by atoms with E-state index in [0.717, 1.165) is 22.5 Å². The molecule has 1 aromatic carbocycles. The molecule has 1 N–H and O–H groups in total. The van der Waals surface area contributed by atoms with Crippen LogP contribution in [0.4, 0.5) is 5.69 Å². The lowest BCUT2D eigenvalue weighted by molar-refractivity contribution is -0.385. The number of nitro benzene ring substituents is 1. The fraction of sp³-hybridized carbons (Fsp3) is 0.538. The van der Waals surface area contributed by atoms with Crippen molar-refractivity contribution in [2.45, 2.75) is 26.3 Å². The van der Waals surface area contributed by atoms with E-state index in [-0.39, 0.29) is 10.6 Å². The first kappa shape index (κ1) is 13.5. The molecule has 0 bridgehead atoms. The molecule has 4 nitrogen and oxygen atoms in total. The zero-order valence-electron chi connectivity index (χ0n) is 10.4. The minimum absolute atomic E-state index is 0.177. The van der Waals surface area contributed by atoms with Gasteiger partial charge in [0, 0.05) is 22.6 Å². The van der Waals surface area contributed by atoms with E-state index in [1.807, 2.05) is 6.07 Å². The Morgan fingerprint density at radius 2 is 2.28 bits per heavy atom. The number of hydrogen-bond acceptors (Lipinski definition) is 3. The summed E-state index contributed by atoms with van der Waals surface area (Å²) in [6.07, 6.45) is 2.67. The van der Waals surface area contributed by atoms with Gasteiger partial charge in [0.15, 0.2) is 0 Å². The Morgan fingerprint density at radius 1 is 1.56 bits per heavy atom. The molecule has 1 saturated carbocycles. The number of halogens is 1.